The van der Waals surface area contributed by atoms with Gasteiger partial charge < -0.3 is 0 Å². The minimum absolute atomic E-state index is 0.0247. The Hall–Kier alpha value is -2.58. The summed E-state index contributed by atoms with van der Waals surface area (Å²) in [6.07, 6.45) is 1.42. The maximum absolute atomic E-state index is 13.3. The fourth-order valence-corrected chi connectivity index (χ4v) is 4.77. The molecule has 0 heterocycles. The first-order chi connectivity index (χ1) is 15.1. The highest BCUT2D eigenvalue weighted by Crippen LogP contribution is 2.29. The zero-order valence-corrected chi connectivity index (χ0v) is 19.9. The van der Waals surface area contributed by atoms with Crippen molar-refractivity contribution in [2.24, 2.45) is 5.10 Å². The van der Waals surface area contributed by atoms with Crippen LogP contribution in [0, 0.1) is 6.92 Å². The van der Waals surface area contributed by atoms with Gasteiger partial charge in [-0.2, -0.15) is 5.10 Å². The fourth-order valence-electron chi connectivity index (χ4n) is 2.73. The van der Waals surface area contributed by atoms with Crippen LogP contribution in [-0.2, 0) is 14.8 Å². The summed E-state index contributed by atoms with van der Waals surface area (Å²) in [5.74, 6) is -0.651. The van der Waals surface area contributed by atoms with E-state index in [0.29, 0.717) is 10.6 Å². The number of carbonyl (C=O) groups excluding carboxylic acids is 1. The number of hydrogen-bond donors (Lipinski definition) is 1. The third-order valence-corrected chi connectivity index (χ3v) is 6.78. The number of nitrogens with one attached hydrogen (secondary N) is 1. The SMILES string of the molecule is Cc1ccc(S(=O)(=O)N(CC(=O)N/N=C\c2ccc(Cl)cc2)c2cc(Cl)cc(Cl)c2)cc1. The largest absolute Gasteiger partial charge is 0.271 e. The first kappa shape index (κ1) is 24.1. The van der Waals surface area contributed by atoms with Crippen LogP contribution >= 0.6 is 34.8 Å². The molecular formula is C22H18Cl3N3O3S. The average Bonchev–Trinajstić information content (AvgIpc) is 2.73. The van der Waals surface area contributed by atoms with Crippen molar-refractivity contribution in [3.8, 4) is 0 Å². The molecule has 6 nitrogen and oxygen atoms in total. The number of aryl methyl sites for hydroxylation is 1. The predicted octanol–water partition coefficient (Wildman–Crippen LogP) is 5.30. The van der Waals surface area contributed by atoms with Gasteiger partial charge in [0.2, 0.25) is 0 Å². The van der Waals surface area contributed by atoms with Crippen molar-refractivity contribution in [2.75, 3.05) is 10.8 Å². The molecule has 3 aromatic rings. The molecular weight excluding hydrogens is 493 g/mol. The van der Waals surface area contributed by atoms with Crippen LogP contribution in [-0.4, -0.2) is 27.1 Å². The van der Waals surface area contributed by atoms with E-state index in [2.05, 4.69) is 10.5 Å². The molecule has 3 aromatic carbocycles. The monoisotopic (exact) mass is 509 g/mol. The van der Waals surface area contributed by atoms with Crippen LogP contribution in [0.25, 0.3) is 0 Å². The van der Waals surface area contributed by atoms with Crippen molar-refractivity contribution < 1.29 is 13.2 Å². The van der Waals surface area contributed by atoms with Crippen LogP contribution in [0.1, 0.15) is 11.1 Å². The third kappa shape index (κ3) is 6.23. The van der Waals surface area contributed by atoms with E-state index in [4.69, 9.17) is 34.8 Å². The summed E-state index contributed by atoms with van der Waals surface area (Å²) in [7, 11) is -4.09. The topological polar surface area (TPSA) is 78.8 Å². The van der Waals surface area contributed by atoms with E-state index in [1.54, 1.807) is 36.4 Å². The van der Waals surface area contributed by atoms with Gasteiger partial charge in [-0.05, 0) is 55.0 Å². The molecule has 0 spiro atoms. The molecule has 0 bridgehead atoms. The van der Waals surface area contributed by atoms with Gasteiger partial charge in [-0.3, -0.25) is 9.10 Å². The van der Waals surface area contributed by atoms with Crippen molar-refractivity contribution in [1.29, 1.82) is 0 Å². The van der Waals surface area contributed by atoms with Crippen molar-refractivity contribution in [2.45, 2.75) is 11.8 Å². The maximum atomic E-state index is 13.3. The molecule has 0 aliphatic rings. The van der Waals surface area contributed by atoms with E-state index in [0.717, 1.165) is 9.87 Å². The van der Waals surface area contributed by atoms with Crippen LogP contribution < -0.4 is 9.73 Å². The van der Waals surface area contributed by atoms with Crippen LogP contribution in [0.4, 0.5) is 5.69 Å². The molecule has 0 aliphatic carbocycles. The molecule has 0 saturated carbocycles. The van der Waals surface area contributed by atoms with E-state index in [1.165, 1.54) is 36.5 Å². The van der Waals surface area contributed by atoms with E-state index < -0.39 is 22.5 Å². The van der Waals surface area contributed by atoms with Crippen LogP contribution in [0.3, 0.4) is 0 Å². The molecule has 166 valence electrons. The van der Waals surface area contributed by atoms with Gasteiger partial charge in [-0.1, -0.05) is 64.6 Å². The van der Waals surface area contributed by atoms with Gasteiger partial charge in [0.15, 0.2) is 0 Å². The number of nitrogens with zero attached hydrogens (tertiary/aromatic N) is 2. The number of hydrogen-bond acceptors (Lipinski definition) is 4. The van der Waals surface area contributed by atoms with Crippen molar-refractivity contribution in [1.82, 2.24) is 5.43 Å². The summed E-state index contributed by atoms with van der Waals surface area (Å²) in [6.45, 7) is 1.31. The zero-order chi connectivity index (χ0) is 23.3. The lowest BCUT2D eigenvalue weighted by Crippen LogP contribution is -2.39. The highest BCUT2D eigenvalue weighted by molar-refractivity contribution is 7.92. The van der Waals surface area contributed by atoms with Gasteiger partial charge in [0.1, 0.15) is 6.54 Å². The summed E-state index contributed by atoms with van der Waals surface area (Å²) in [5.41, 5.74) is 4.09. The van der Waals surface area contributed by atoms with Gasteiger partial charge in [0.25, 0.3) is 15.9 Å². The highest BCUT2D eigenvalue weighted by Gasteiger charge is 2.27. The Bertz CT molecular complexity index is 1230. The van der Waals surface area contributed by atoms with Crippen molar-refractivity contribution in [3.05, 3.63) is 92.9 Å². The van der Waals surface area contributed by atoms with Crippen molar-refractivity contribution >= 4 is 62.6 Å². The molecule has 3 rings (SSSR count). The van der Waals surface area contributed by atoms with Crippen LogP contribution in [0.15, 0.2) is 76.7 Å². The molecule has 0 atom stereocenters. The Morgan fingerprint density at radius 2 is 1.53 bits per heavy atom. The molecule has 0 aromatic heterocycles. The van der Waals surface area contributed by atoms with Gasteiger partial charge in [-0.25, -0.2) is 13.8 Å². The minimum Gasteiger partial charge on any atom is -0.271 e. The van der Waals surface area contributed by atoms with E-state index >= 15 is 0 Å². The highest BCUT2D eigenvalue weighted by atomic mass is 35.5. The Labute approximate surface area is 201 Å². The second kappa shape index (κ2) is 10.4. The molecule has 1 N–H and O–H groups in total. The molecule has 0 unspecified atom stereocenters. The summed E-state index contributed by atoms with van der Waals surface area (Å²) in [4.78, 5) is 12.6. The number of rotatable bonds is 7. The normalized spacial score (nSPS) is 11.5. The van der Waals surface area contributed by atoms with Gasteiger partial charge in [0, 0.05) is 15.1 Å². The molecule has 0 fully saturated rings. The van der Waals surface area contributed by atoms with Crippen molar-refractivity contribution in [3.63, 3.8) is 0 Å². The van der Waals surface area contributed by atoms with Gasteiger partial charge >= 0.3 is 0 Å². The standard InChI is InChI=1S/C22H18Cl3N3O3S/c1-15-2-8-21(9-3-15)32(30,31)28(20-11-18(24)10-19(25)12-20)14-22(29)27-26-13-16-4-6-17(23)7-5-16/h2-13H,14H2,1H3,(H,27,29)/b26-13-. The maximum Gasteiger partial charge on any atom is 0.264 e. The second-order valence-corrected chi connectivity index (χ2v) is 9.97. The average molecular weight is 511 g/mol. The predicted molar refractivity (Wildman–Crippen MR) is 129 cm³/mol. The zero-order valence-electron chi connectivity index (χ0n) is 16.8. The Balaban J connectivity index is 1.87. The summed E-state index contributed by atoms with van der Waals surface area (Å²) in [5, 5.41) is 4.92. The number of hydrazone groups is 1. The lowest BCUT2D eigenvalue weighted by molar-refractivity contribution is -0.119. The van der Waals surface area contributed by atoms with Gasteiger partial charge in [0.05, 0.1) is 16.8 Å². The number of sulfonamides is 1. The number of carbonyl (C=O) groups is 1. The number of amides is 1. The third-order valence-electron chi connectivity index (χ3n) is 4.30. The molecule has 0 radical (unpaired) electrons. The summed E-state index contributed by atoms with van der Waals surface area (Å²) >= 11 is 18.0. The smallest absolute Gasteiger partial charge is 0.264 e. The Morgan fingerprint density at radius 1 is 0.938 bits per heavy atom. The lowest BCUT2D eigenvalue weighted by atomic mass is 10.2. The Morgan fingerprint density at radius 3 is 2.12 bits per heavy atom. The number of anilines is 1. The minimum atomic E-state index is -4.09. The lowest BCUT2D eigenvalue weighted by Gasteiger charge is -2.24. The van der Waals surface area contributed by atoms with E-state index in [-0.39, 0.29) is 20.6 Å². The number of halogens is 3. The van der Waals surface area contributed by atoms with Gasteiger partial charge in [-0.15, -0.1) is 0 Å². The van der Waals surface area contributed by atoms with Crippen LogP contribution in [0.2, 0.25) is 15.1 Å². The fraction of sp³-hybridized carbons (Fsp3) is 0.0909. The first-order valence-electron chi connectivity index (χ1n) is 9.28. The van der Waals surface area contributed by atoms with Crippen LogP contribution in [0.5, 0.6) is 0 Å². The summed E-state index contributed by atoms with van der Waals surface area (Å²) in [6, 6.07) is 17.4. The molecule has 0 aliphatic heterocycles. The Kier molecular flexibility index (Phi) is 7.79. The number of benzene rings is 3. The molecule has 1 amide bonds. The second-order valence-electron chi connectivity index (χ2n) is 6.80. The summed E-state index contributed by atoms with van der Waals surface area (Å²) < 4.78 is 27.6. The molecule has 0 saturated heterocycles. The van der Waals surface area contributed by atoms with E-state index in [1.807, 2.05) is 6.92 Å². The molecule has 32 heavy (non-hydrogen) atoms. The quantitative estimate of drug-likeness (QED) is 0.346. The molecule has 10 heteroatoms. The first-order valence-corrected chi connectivity index (χ1v) is 11.9. The van der Waals surface area contributed by atoms with E-state index in [9.17, 15) is 13.2 Å².